The molecule has 6 heteroatoms. The average molecular weight is 669 g/mol. The van der Waals surface area contributed by atoms with E-state index in [1.54, 1.807) is 65.2 Å². The van der Waals surface area contributed by atoms with Gasteiger partial charge in [0.2, 0.25) is 0 Å². The van der Waals surface area contributed by atoms with Crippen LogP contribution in [0.1, 0.15) is 65.2 Å². The second kappa shape index (κ2) is 10.3. The predicted octanol–water partition coefficient (Wildman–Crippen LogP) is 3.66. The van der Waals surface area contributed by atoms with E-state index in [2.05, 4.69) is 83.1 Å². The molecular weight excluding hydrogens is 633 g/mol. The van der Waals surface area contributed by atoms with Crippen LogP contribution in [0.15, 0.2) is 0 Å². The van der Waals surface area contributed by atoms with Crippen molar-refractivity contribution in [3.8, 4) is 0 Å². The first-order valence-corrected chi connectivity index (χ1v) is 27.0. The van der Waals surface area contributed by atoms with E-state index >= 15 is 0 Å². The van der Waals surface area contributed by atoms with E-state index in [0.29, 0.717) is 0 Å². The summed E-state index contributed by atoms with van der Waals surface area (Å²) in [6.45, 7) is 29.3. The molecule has 0 saturated heterocycles. The van der Waals surface area contributed by atoms with Gasteiger partial charge in [0, 0.05) is 0 Å². The number of rotatable bonds is 3. The van der Waals surface area contributed by atoms with Gasteiger partial charge in [0.15, 0.2) is 0 Å². The minimum Gasteiger partial charge on any atom is -1.00 e. The van der Waals surface area contributed by atoms with Crippen molar-refractivity contribution in [1.82, 2.24) is 0 Å². The van der Waals surface area contributed by atoms with Gasteiger partial charge >= 0.3 is 181 Å². The summed E-state index contributed by atoms with van der Waals surface area (Å²) in [5.41, 5.74) is 9.66. The van der Waals surface area contributed by atoms with Gasteiger partial charge in [0.25, 0.3) is 0 Å². The summed E-state index contributed by atoms with van der Waals surface area (Å²) in [7, 11) is 0. The molecule has 0 atom stereocenters. The molecule has 0 aliphatic heterocycles. The molecule has 3 aromatic rings. The molecule has 0 saturated carbocycles. The Balaban J connectivity index is 0.00000225. The molecule has 0 amide bonds. The summed E-state index contributed by atoms with van der Waals surface area (Å²) in [5.74, 6) is 0. The van der Waals surface area contributed by atoms with E-state index in [9.17, 15) is 0 Å². The molecule has 0 aromatic carbocycles. The summed E-state index contributed by atoms with van der Waals surface area (Å²) >= 11 is -2.01. The topological polar surface area (TPSA) is 0 Å². The fraction of sp³-hybridized carbons (Fsp3) is 0.500. The number of halogens is 2. The molecule has 0 radical (unpaired) electrons. The van der Waals surface area contributed by atoms with Crippen molar-refractivity contribution in [3.63, 3.8) is 0 Å². The van der Waals surface area contributed by atoms with E-state index in [1.165, 1.54) is 0 Å². The van der Waals surface area contributed by atoms with Crippen LogP contribution in [0.4, 0.5) is 0 Å². The zero-order valence-electron chi connectivity index (χ0n) is 20.5. The maximum absolute atomic E-state index is 2.50. The summed E-state index contributed by atoms with van der Waals surface area (Å²) in [6.07, 6.45) is 0. The van der Waals surface area contributed by atoms with Crippen LogP contribution in [-0.4, -0.2) is 0 Å². The van der Waals surface area contributed by atoms with Crippen LogP contribution in [0, 0.1) is 83.1 Å². The van der Waals surface area contributed by atoms with Gasteiger partial charge in [-0.3, -0.25) is 0 Å². The van der Waals surface area contributed by atoms with Gasteiger partial charge in [-0.1, -0.05) is 0 Å². The molecule has 0 fully saturated rings. The van der Waals surface area contributed by atoms with Crippen molar-refractivity contribution in [1.29, 1.82) is 0 Å². The molecule has 30 heavy (non-hydrogen) atoms. The molecule has 0 aliphatic rings. The van der Waals surface area contributed by atoms with Crippen LogP contribution in [-0.2, 0) is 16.9 Å². The van der Waals surface area contributed by atoms with Crippen molar-refractivity contribution in [2.75, 3.05) is 0 Å². The zero-order chi connectivity index (χ0) is 21.2. The minimum atomic E-state index is -2.01. The maximum atomic E-state index is 2.50. The smallest absolute Gasteiger partial charge is 1.00 e. The standard InChI is InChI=1S/3C8H12P.2ClH.Ta/c3*1-5-6(2)8(4)9-7(5)3;;;/h3*1-4H3;2*1H;/q3*-1;;;+5/p-2. The second-order valence-electron chi connectivity index (χ2n) is 8.47. The molecule has 3 aromatic heterocycles. The van der Waals surface area contributed by atoms with Gasteiger partial charge in [-0.2, -0.15) is 0 Å². The molecule has 0 spiro atoms. The van der Waals surface area contributed by atoms with Crippen LogP contribution in [0.5, 0.6) is 0 Å². The molecule has 3 rings (SSSR count). The van der Waals surface area contributed by atoms with Crippen LogP contribution in [0.3, 0.4) is 0 Å². The largest absolute Gasteiger partial charge is 1.00 e. The third-order valence-corrected chi connectivity index (χ3v) is 71.6. The van der Waals surface area contributed by atoms with Crippen molar-refractivity contribution in [2.24, 2.45) is 0 Å². The third-order valence-electron chi connectivity index (χ3n) is 7.39. The normalized spacial score (nSPS) is 10.8. The molecule has 0 bridgehead atoms. The molecule has 3 heterocycles. The van der Waals surface area contributed by atoms with Gasteiger partial charge in [-0.15, -0.1) is 0 Å². The first-order valence-electron chi connectivity index (χ1n) is 10.2. The minimum absolute atomic E-state index is 0. The van der Waals surface area contributed by atoms with Gasteiger partial charge in [0.1, 0.15) is 0 Å². The van der Waals surface area contributed by atoms with Crippen LogP contribution < -0.4 is 24.8 Å². The molecule has 0 N–H and O–H groups in total. The Labute approximate surface area is 205 Å². The molecule has 0 nitrogen and oxygen atoms in total. The molecule has 166 valence electrons. The fourth-order valence-corrected chi connectivity index (χ4v) is 96.5. The quantitative estimate of drug-likeness (QED) is 0.400. The van der Waals surface area contributed by atoms with Gasteiger partial charge < -0.3 is 24.8 Å². The molecule has 0 aliphatic carbocycles. The number of hydrogen-bond acceptors (Lipinski definition) is 0. The molecular formula is C24H36Cl2P3Ta. The Morgan fingerprint density at radius 1 is 0.333 bits per heavy atom. The van der Waals surface area contributed by atoms with Crippen LogP contribution >= 0.6 is 16.3 Å². The van der Waals surface area contributed by atoms with Crippen molar-refractivity contribution >= 4 is 16.3 Å². The Hall–Kier alpha value is 0.660. The van der Waals surface area contributed by atoms with E-state index in [4.69, 9.17) is 0 Å². The maximum Gasteiger partial charge on any atom is -1.00 e. The number of hydrogen-bond donors (Lipinski definition) is 0. The fourth-order valence-electron chi connectivity index (χ4n) is 4.41. The predicted molar refractivity (Wildman–Crippen MR) is 130 cm³/mol. The Kier molecular flexibility index (Phi) is 9.84. The Morgan fingerprint density at radius 3 is 0.600 bits per heavy atom. The Morgan fingerprint density at radius 2 is 0.467 bits per heavy atom. The third kappa shape index (κ3) is 4.15. The van der Waals surface area contributed by atoms with Crippen molar-refractivity contribution in [3.05, 3.63) is 65.2 Å². The van der Waals surface area contributed by atoms with Crippen molar-refractivity contribution < 1.29 is 41.7 Å². The SMILES string of the molecule is Cc1c(C)c(C)[p]([Ta+2]([p]2c(C)c(C)c(C)c2C)[p]2c(C)c(C)c(C)c2C)c1C.[Cl-].[Cl-]. The van der Waals surface area contributed by atoms with E-state index < -0.39 is 16.9 Å². The second-order valence-corrected chi connectivity index (χ2v) is 46.8. The van der Waals surface area contributed by atoms with E-state index in [-0.39, 0.29) is 41.1 Å². The summed E-state index contributed by atoms with van der Waals surface area (Å²) in [4.78, 5) is 0. The first kappa shape index (κ1) is 28.7. The van der Waals surface area contributed by atoms with Crippen LogP contribution in [0.2, 0.25) is 0 Å². The summed E-state index contributed by atoms with van der Waals surface area (Å²) < 4.78 is 0. The van der Waals surface area contributed by atoms with Gasteiger partial charge in [-0.25, -0.2) is 0 Å². The average Bonchev–Trinajstić information content (AvgIpc) is 3.06. The summed E-state index contributed by atoms with van der Waals surface area (Å²) in [6, 6.07) is 0. The monoisotopic (exact) mass is 668 g/mol. The van der Waals surface area contributed by atoms with Gasteiger partial charge in [0.05, 0.1) is 0 Å². The zero-order valence-corrected chi connectivity index (χ0v) is 28.0. The van der Waals surface area contributed by atoms with E-state index in [1.807, 2.05) is 0 Å². The molecule has 0 unspecified atom stereocenters. The van der Waals surface area contributed by atoms with E-state index in [0.717, 1.165) is 0 Å². The first-order chi connectivity index (χ1) is 12.9. The summed E-state index contributed by atoms with van der Waals surface area (Å²) in [5, 5.41) is 10.7. The Bertz CT molecular complexity index is 885. The van der Waals surface area contributed by atoms with Crippen LogP contribution in [0.25, 0.3) is 0 Å². The van der Waals surface area contributed by atoms with Gasteiger partial charge in [-0.05, 0) is 0 Å². The van der Waals surface area contributed by atoms with Crippen molar-refractivity contribution in [2.45, 2.75) is 83.1 Å².